The number of rotatable bonds is 12. The largest absolute Gasteiger partial charge is 0.456 e. The summed E-state index contributed by atoms with van der Waals surface area (Å²) in [6.07, 6.45) is 0. The second-order valence-corrected chi connectivity index (χ2v) is 32.6. The lowest BCUT2D eigenvalue weighted by Gasteiger charge is -2.13. The molecule has 0 saturated heterocycles. The molecule has 0 unspecified atom stereocenters. The van der Waals surface area contributed by atoms with E-state index in [9.17, 15) is 10.5 Å². The molecule has 0 aliphatic rings. The minimum atomic E-state index is 0.479. The van der Waals surface area contributed by atoms with Crippen molar-refractivity contribution < 1.29 is 8.83 Å². The van der Waals surface area contributed by atoms with Gasteiger partial charge in [0.15, 0.2) is 34.9 Å². The molecule has 8 heterocycles. The first kappa shape index (κ1) is 74.4. The minimum absolute atomic E-state index is 0.479. The summed E-state index contributed by atoms with van der Waals surface area (Å²) in [5, 5.41) is 35.1. The molecular formula is C116H68N12O2. The van der Waals surface area contributed by atoms with E-state index >= 15 is 0 Å². The summed E-state index contributed by atoms with van der Waals surface area (Å²) in [4.78, 5) is 30.1. The third-order valence-corrected chi connectivity index (χ3v) is 25.2. The summed E-state index contributed by atoms with van der Waals surface area (Å²) in [5.41, 5.74) is 25.5. The Morgan fingerprint density at radius 1 is 0.192 bits per heavy atom. The highest BCUT2D eigenvalue weighted by Crippen LogP contribution is 2.48. The molecule has 0 atom stereocenters. The van der Waals surface area contributed by atoms with Crippen LogP contribution in [0.1, 0.15) is 11.1 Å². The number of hydrogen-bond donors (Lipinski definition) is 0. The van der Waals surface area contributed by atoms with Gasteiger partial charge in [0.2, 0.25) is 0 Å². The highest BCUT2D eigenvalue weighted by molar-refractivity contribution is 6.30. The Kier molecular flexibility index (Phi) is 17.4. The van der Waals surface area contributed by atoms with Crippen molar-refractivity contribution in [1.29, 1.82) is 10.5 Å². The van der Waals surface area contributed by atoms with Crippen LogP contribution >= 0.6 is 0 Å². The van der Waals surface area contributed by atoms with Gasteiger partial charge in [-0.2, -0.15) is 10.5 Å². The molecule has 18 aromatic carbocycles. The average molecular weight is 1660 g/mol. The lowest BCUT2D eigenvalue weighted by atomic mass is 10.0. The van der Waals surface area contributed by atoms with Crippen LogP contribution in [-0.4, -0.2) is 48.2 Å². The van der Waals surface area contributed by atoms with Crippen molar-refractivity contribution in [1.82, 2.24) is 48.2 Å². The zero-order valence-corrected chi connectivity index (χ0v) is 69.4. The Balaban J connectivity index is 0.000000140. The van der Waals surface area contributed by atoms with Crippen LogP contribution in [-0.2, 0) is 0 Å². The predicted octanol–water partition coefficient (Wildman–Crippen LogP) is 29.0. The number of furan rings is 2. The molecule has 0 aliphatic carbocycles. The first-order valence-corrected chi connectivity index (χ1v) is 43.2. The van der Waals surface area contributed by atoms with Crippen LogP contribution < -0.4 is 0 Å². The molecule has 0 fully saturated rings. The number of aromatic nitrogens is 10. The van der Waals surface area contributed by atoms with Crippen LogP contribution in [0.3, 0.4) is 0 Å². The molecule has 8 aromatic heterocycles. The van der Waals surface area contributed by atoms with E-state index in [2.05, 4.69) is 273 Å². The summed E-state index contributed by atoms with van der Waals surface area (Å²) >= 11 is 0. The number of hydrogen-bond acceptors (Lipinski definition) is 10. The van der Waals surface area contributed by atoms with E-state index in [0.717, 1.165) is 182 Å². The molecule has 26 rings (SSSR count). The first-order valence-electron chi connectivity index (χ1n) is 43.2. The zero-order valence-electron chi connectivity index (χ0n) is 69.4. The molecule has 0 N–H and O–H groups in total. The van der Waals surface area contributed by atoms with E-state index in [0.29, 0.717) is 57.2 Å². The van der Waals surface area contributed by atoms with E-state index in [-0.39, 0.29) is 0 Å². The number of fused-ring (bicyclic) bond motifs is 20. The van der Waals surface area contributed by atoms with Crippen LogP contribution in [0.15, 0.2) is 421 Å². The van der Waals surface area contributed by atoms with Gasteiger partial charge in [0, 0.05) is 116 Å². The molecule has 14 nitrogen and oxygen atoms in total. The molecule has 0 aliphatic heterocycles. The molecule has 0 amide bonds. The van der Waals surface area contributed by atoms with E-state index in [4.69, 9.17) is 38.7 Å². The van der Waals surface area contributed by atoms with Crippen molar-refractivity contribution in [3.05, 3.63) is 424 Å². The molecular weight excluding hydrogens is 1590 g/mol. The maximum atomic E-state index is 10.9. The molecule has 0 spiro atoms. The Labute approximate surface area is 742 Å². The zero-order chi connectivity index (χ0) is 86.0. The summed E-state index contributed by atoms with van der Waals surface area (Å²) in [6, 6.07) is 146. The van der Waals surface area contributed by atoms with Crippen LogP contribution in [0.2, 0.25) is 0 Å². The highest BCUT2D eigenvalue weighted by Gasteiger charge is 2.28. The maximum Gasteiger partial charge on any atom is 0.164 e. The van der Waals surface area contributed by atoms with Crippen LogP contribution in [0.4, 0.5) is 0 Å². The Morgan fingerprint density at radius 2 is 0.531 bits per heavy atom. The second-order valence-electron chi connectivity index (χ2n) is 32.6. The smallest absolute Gasteiger partial charge is 0.164 e. The number of benzene rings is 18. The second kappa shape index (κ2) is 30.3. The molecule has 0 bridgehead atoms. The molecule has 0 radical (unpaired) electrons. The maximum absolute atomic E-state index is 10.9. The van der Waals surface area contributed by atoms with Gasteiger partial charge in [0.25, 0.3) is 0 Å². The Hall–Kier alpha value is -18.2. The minimum Gasteiger partial charge on any atom is -0.456 e. The van der Waals surface area contributed by atoms with Gasteiger partial charge in [0.1, 0.15) is 34.5 Å². The average Bonchev–Trinajstić information content (AvgIpc) is 1.55. The van der Waals surface area contributed by atoms with E-state index in [1.807, 2.05) is 170 Å². The van der Waals surface area contributed by atoms with Gasteiger partial charge in [-0.15, -0.1) is 0 Å². The van der Waals surface area contributed by atoms with Gasteiger partial charge < -0.3 is 27.1 Å². The van der Waals surface area contributed by atoms with Crippen molar-refractivity contribution in [2.45, 2.75) is 0 Å². The Bertz CT molecular complexity index is 9190. The lowest BCUT2D eigenvalue weighted by molar-refractivity contribution is 0.669. The predicted molar refractivity (Wildman–Crippen MR) is 524 cm³/mol. The lowest BCUT2D eigenvalue weighted by Crippen LogP contribution is -2.02. The van der Waals surface area contributed by atoms with Gasteiger partial charge in [-0.1, -0.05) is 267 Å². The normalized spacial score (nSPS) is 11.7. The van der Waals surface area contributed by atoms with E-state index in [1.165, 1.54) is 16.2 Å². The fraction of sp³-hybridized carbons (Fsp3) is 0. The molecule has 0 saturated carbocycles. The standard InChI is InChI=1S/2C58H34N6O/c59-35-41-32-40(58-61-56(37-17-6-2-7-18-37)60-57(62-58)39-20-14-19-38(31-39)36-15-4-1-5-16-36)27-29-48(41)64-50-26-13-11-24-44(50)46-33-47-53(34-51(46)64)65-52-30-28-45-43-23-10-12-25-49(43)63(55(45)54(47)52)42-21-8-3-9-22-42;59-35-41-32-40(58-61-56(37-17-6-2-7-18-37)60-57(62-58)39-20-14-19-38(31-39)36-15-4-1-5-16-36)27-28-47(41)64-48-25-12-10-23-43(48)45-33-46-53(34-51(45)64)65-52-30-29-50-54(55(46)52)44-24-11-13-26-49(44)63(50)42-21-8-3-9-22-42/h2*1-34H. The third kappa shape index (κ3) is 12.2. The van der Waals surface area contributed by atoms with Crippen LogP contribution in [0, 0.1) is 22.7 Å². The highest BCUT2D eigenvalue weighted by atomic mass is 16.3. The summed E-state index contributed by atoms with van der Waals surface area (Å²) in [5.74, 6) is 3.16. The van der Waals surface area contributed by atoms with Gasteiger partial charge in [-0.25, -0.2) is 29.9 Å². The van der Waals surface area contributed by atoms with Crippen molar-refractivity contribution in [2.24, 2.45) is 0 Å². The summed E-state index contributed by atoms with van der Waals surface area (Å²) in [6.45, 7) is 0. The van der Waals surface area contributed by atoms with Crippen molar-refractivity contribution in [3.8, 4) is 125 Å². The monoisotopic (exact) mass is 1660 g/mol. The van der Waals surface area contributed by atoms with Crippen molar-refractivity contribution in [2.75, 3.05) is 0 Å². The van der Waals surface area contributed by atoms with Gasteiger partial charge in [-0.3, -0.25) is 0 Å². The molecule has 14 heteroatoms. The summed E-state index contributed by atoms with van der Waals surface area (Å²) < 4.78 is 22.6. The Morgan fingerprint density at radius 3 is 0.985 bits per heavy atom. The van der Waals surface area contributed by atoms with Crippen LogP contribution in [0.5, 0.6) is 0 Å². The number of nitrogens with zero attached hydrogens (tertiary/aromatic N) is 12. The van der Waals surface area contributed by atoms with Gasteiger partial charge >= 0.3 is 0 Å². The number of para-hydroxylation sites is 6. The SMILES string of the molecule is N#Cc1cc(-c2nc(-c3ccccc3)nc(-c3cccc(-c4ccccc4)c3)n2)ccc1-n1c2ccccc2c2cc3c(cc21)oc1ccc2c(c4ccccc4n2-c2ccccc2)c13.N#Cc1cc(-c2nc(-c3ccccc3)nc(-c3cccc(-c4ccccc4)c3)n2)ccc1-n1c2ccccc2c2cc3c(cc21)oc1ccc2c4ccccc4n(-c4ccccc4)c2c13. The number of nitriles is 2. The summed E-state index contributed by atoms with van der Waals surface area (Å²) in [7, 11) is 0. The topological polar surface area (TPSA) is 171 Å². The van der Waals surface area contributed by atoms with Gasteiger partial charge in [-0.05, 0) is 156 Å². The third-order valence-electron chi connectivity index (χ3n) is 25.2. The fourth-order valence-corrected chi connectivity index (χ4v) is 19.3. The fourth-order valence-electron chi connectivity index (χ4n) is 19.3. The molecule has 26 aromatic rings. The molecule has 604 valence electrons. The van der Waals surface area contributed by atoms with Crippen LogP contribution in [0.25, 0.3) is 244 Å². The van der Waals surface area contributed by atoms with Crippen molar-refractivity contribution in [3.63, 3.8) is 0 Å². The van der Waals surface area contributed by atoms with Gasteiger partial charge in [0.05, 0.1) is 72.0 Å². The molecule has 130 heavy (non-hydrogen) atoms. The first-order chi connectivity index (χ1) is 64.4. The van der Waals surface area contributed by atoms with E-state index < -0.39 is 0 Å². The van der Waals surface area contributed by atoms with Crippen molar-refractivity contribution >= 4 is 131 Å². The van der Waals surface area contributed by atoms with E-state index in [1.54, 1.807) is 0 Å². The quantitative estimate of drug-likeness (QED) is 0.115.